The van der Waals surface area contributed by atoms with E-state index in [9.17, 15) is 0 Å². The first-order valence-electron chi connectivity index (χ1n) is 9.61. The molecule has 0 saturated carbocycles. The molecule has 29 heavy (non-hydrogen) atoms. The van der Waals surface area contributed by atoms with Gasteiger partial charge < -0.3 is 19.9 Å². The van der Waals surface area contributed by atoms with Gasteiger partial charge in [-0.15, -0.1) is 0 Å². The number of anilines is 1. The quantitative estimate of drug-likeness (QED) is 0.468. The molecule has 2 heterocycles. The van der Waals surface area contributed by atoms with Crippen LogP contribution in [0.5, 0.6) is 5.75 Å². The molecule has 0 unspecified atom stereocenters. The molecule has 4 aromatic rings. The van der Waals surface area contributed by atoms with Gasteiger partial charge in [-0.2, -0.15) is 0 Å². The Morgan fingerprint density at radius 3 is 2.76 bits per heavy atom. The molecule has 0 fully saturated rings. The Balaban J connectivity index is 1.53. The largest absolute Gasteiger partial charge is 0.497 e. The molecule has 4 rings (SSSR count). The summed E-state index contributed by atoms with van der Waals surface area (Å²) in [6, 6.07) is 18.3. The summed E-state index contributed by atoms with van der Waals surface area (Å²) in [4.78, 5) is 4.83. The molecule has 0 spiro atoms. The number of benzene rings is 2. The van der Waals surface area contributed by atoms with Crippen molar-refractivity contribution in [1.82, 2.24) is 14.9 Å². The Bertz CT molecular complexity index is 1200. The second-order valence-electron chi connectivity index (χ2n) is 7.06. The van der Waals surface area contributed by atoms with Crippen molar-refractivity contribution in [2.24, 2.45) is 0 Å². The zero-order valence-electron chi connectivity index (χ0n) is 16.8. The minimum absolute atomic E-state index is 0.583. The number of ether oxygens (including phenoxy) is 1. The number of para-hydroxylation sites is 1. The van der Waals surface area contributed by atoms with Crippen LogP contribution in [0.15, 0.2) is 54.6 Å². The van der Waals surface area contributed by atoms with Crippen LogP contribution in [0.25, 0.3) is 21.9 Å². The Labute approximate surface area is 175 Å². The third-order valence-electron chi connectivity index (χ3n) is 4.99. The van der Waals surface area contributed by atoms with E-state index in [-0.39, 0.29) is 0 Å². The molecular weight excluding hydrogens is 380 g/mol. The number of aromatic nitrogens is 2. The fraction of sp³-hybridized carbons (Fsp3) is 0.217. The molecule has 6 heteroatoms. The van der Waals surface area contributed by atoms with E-state index >= 15 is 0 Å². The van der Waals surface area contributed by atoms with Crippen molar-refractivity contribution in [3.05, 3.63) is 65.9 Å². The minimum Gasteiger partial charge on any atom is -0.497 e. The highest BCUT2D eigenvalue weighted by atomic mass is 32.1. The van der Waals surface area contributed by atoms with Crippen molar-refractivity contribution in [1.29, 1.82) is 0 Å². The van der Waals surface area contributed by atoms with Crippen LogP contribution in [0.1, 0.15) is 11.3 Å². The molecule has 0 aliphatic rings. The van der Waals surface area contributed by atoms with Crippen molar-refractivity contribution in [2.75, 3.05) is 19.0 Å². The predicted molar refractivity (Wildman–Crippen MR) is 124 cm³/mol. The summed E-state index contributed by atoms with van der Waals surface area (Å²) in [5, 5.41) is 9.55. The topological polar surface area (TPSA) is 51.1 Å². The van der Waals surface area contributed by atoms with E-state index in [0.717, 1.165) is 29.3 Å². The molecule has 5 nitrogen and oxygen atoms in total. The van der Waals surface area contributed by atoms with Gasteiger partial charge in [-0.25, -0.2) is 4.98 Å². The molecule has 148 valence electrons. The summed E-state index contributed by atoms with van der Waals surface area (Å²) >= 11 is 5.46. The highest BCUT2D eigenvalue weighted by molar-refractivity contribution is 7.80. The highest BCUT2D eigenvalue weighted by Gasteiger charge is 2.14. The normalized spacial score (nSPS) is 11.0. The Morgan fingerprint density at radius 2 is 1.93 bits per heavy atom. The van der Waals surface area contributed by atoms with E-state index in [0.29, 0.717) is 11.7 Å². The molecule has 0 atom stereocenters. The molecular formula is C23H24N4OS. The van der Waals surface area contributed by atoms with Gasteiger partial charge >= 0.3 is 0 Å². The highest BCUT2D eigenvalue weighted by Crippen LogP contribution is 2.30. The van der Waals surface area contributed by atoms with Gasteiger partial charge in [-0.3, -0.25) is 0 Å². The summed E-state index contributed by atoms with van der Waals surface area (Å²) in [7, 11) is 1.65. The molecule has 2 aromatic heterocycles. The summed E-state index contributed by atoms with van der Waals surface area (Å²) in [5.41, 5.74) is 5.40. The zero-order valence-corrected chi connectivity index (χ0v) is 17.6. The van der Waals surface area contributed by atoms with E-state index in [1.54, 1.807) is 7.11 Å². The molecule has 0 amide bonds. The fourth-order valence-electron chi connectivity index (χ4n) is 3.76. The Hall–Kier alpha value is -3.12. The van der Waals surface area contributed by atoms with Gasteiger partial charge in [-0.05, 0) is 55.9 Å². The van der Waals surface area contributed by atoms with Gasteiger partial charge in [0.1, 0.15) is 11.4 Å². The van der Waals surface area contributed by atoms with E-state index in [1.165, 1.54) is 21.9 Å². The van der Waals surface area contributed by atoms with Gasteiger partial charge in [-0.1, -0.05) is 24.3 Å². The average Bonchev–Trinajstić information content (AvgIpc) is 3.02. The molecule has 0 saturated heterocycles. The molecule has 2 aromatic carbocycles. The van der Waals surface area contributed by atoms with Crippen molar-refractivity contribution < 1.29 is 4.74 Å². The average molecular weight is 405 g/mol. The van der Waals surface area contributed by atoms with E-state index < -0.39 is 0 Å². The number of hydrogen-bond acceptors (Lipinski definition) is 3. The number of rotatable bonds is 5. The van der Waals surface area contributed by atoms with Crippen molar-refractivity contribution in [2.45, 2.75) is 20.4 Å². The number of pyridine rings is 1. The molecule has 0 bridgehead atoms. The number of aryl methyl sites for hydroxylation is 2. The molecule has 2 N–H and O–H groups in total. The third-order valence-corrected chi connectivity index (χ3v) is 5.24. The first-order chi connectivity index (χ1) is 14.1. The van der Waals surface area contributed by atoms with Crippen molar-refractivity contribution in [3.8, 4) is 5.75 Å². The summed E-state index contributed by atoms with van der Waals surface area (Å²) in [5.74, 6) is 0.792. The maximum atomic E-state index is 5.46. The van der Waals surface area contributed by atoms with Crippen LogP contribution in [0.4, 0.5) is 5.69 Å². The predicted octanol–water partition coefficient (Wildman–Crippen LogP) is 4.80. The summed E-state index contributed by atoms with van der Waals surface area (Å²) in [6.45, 7) is 5.65. The first kappa shape index (κ1) is 19.2. The Kier molecular flexibility index (Phi) is 5.36. The van der Waals surface area contributed by atoms with E-state index in [1.807, 2.05) is 31.2 Å². The maximum Gasteiger partial charge on any atom is 0.170 e. The van der Waals surface area contributed by atoms with Crippen molar-refractivity contribution in [3.63, 3.8) is 0 Å². The van der Waals surface area contributed by atoms with Gasteiger partial charge in [0, 0.05) is 41.3 Å². The van der Waals surface area contributed by atoms with Crippen molar-refractivity contribution >= 4 is 45.0 Å². The lowest BCUT2D eigenvalue weighted by molar-refractivity contribution is 0.415. The van der Waals surface area contributed by atoms with Crippen LogP contribution < -0.4 is 15.4 Å². The van der Waals surface area contributed by atoms with E-state index in [4.69, 9.17) is 21.9 Å². The summed E-state index contributed by atoms with van der Waals surface area (Å²) < 4.78 is 7.52. The second kappa shape index (κ2) is 8.09. The molecule has 0 aliphatic carbocycles. The van der Waals surface area contributed by atoms with E-state index in [2.05, 4.69) is 52.5 Å². The van der Waals surface area contributed by atoms with Crippen LogP contribution in [-0.2, 0) is 6.54 Å². The van der Waals surface area contributed by atoms with Crippen LogP contribution >= 0.6 is 12.2 Å². The lowest BCUT2D eigenvalue weighted by Gasteiger charge is -2.13. The lowest BCUT2D eigenvalue weighted by Crippen LogP contribution is -2.31. The number of fused-ring (bicyclic) bond motifs is 3. The van der Waals surface area contributed by atoms with Crippen LogP contribution in [0, 0.1) is 13.8 Å². The van der Waals surface area contributed by atoms with Crippen LogP contribution in [0.3, 0.4) is 0 Å². The molecule has 0 radical (unpaired) electrons. The summed E-state index contributed by atoms with van der Waals surface area (Å²) in [6.07, 6.45) is 0. The van der Waals surface area contributed by atoms with Crippen LogP contribution in [-0.4, -0.2) is 28.3 Å². The SMILES string of the molecule is COc1cccc(NC(=S)NCCn2c3ccccc3c3c(C)cc(C)nc32)c1. The number of thiocarbonyl (C=S) groups is 1. The van der Waals surface area contributed by atoms with Crippen LogP contribution in [0.2, 0.25) is 0 Å². The minimum atomic E-state index is 0.583. The number of hydrogen-bond donors (Lipinski definition) is 2. The monoisotopic (exact) mass is 404 g/mol. The van der Waals surface area contributed by atoms with Gasteiger partial charge in [0.2, 0.25) is 0 Å². The van der Waals surface area contributed by atoms with Gasteiger partial charge in [0.05, 0.1) is 12.6 Å². The van der Waals surface area contributed by atoms with Gasteiger partial charge in [0.15, 0.2) is 5.11 Å². The van der Waals surface area contributed by atoms with Gasteiger partial charge in [0.25, 0.3) is 0 Å². The number of nitrogens with one attached hydrogen (secondary N) is 2. The molecule has 0 aliphatic heterocycles. The standard InChI is InChI=1S/C23H24N4OS/c1-15-13-16(2)25-22-21(15)19-9-4-5-10-20(19)27(22)12-11-24-23(29)26-17-7-6-8-18(14-17)28-3/h4-10,13-14H,11-12H2,1-3H3,(H2,24,26,29). The maximum absolute atomic E-state index is 5.46. The second-order valence-corrected chi connectivity index (χ2v) is 7.47. The number of nitrogens with zero attached hydrogens (tertiary/aromatic N) is 2. The smallest absolute Gasteiger partial charge is 0.170 e. The lowest BCUT2D eigenvalue weighted by atomic mass is 10.1. The fourth-order valence-corrected chi connectivity index (χ4v) is 3.98. The zero-order chi connectivity index (χ0) is 20.4. The third kappa shape index (κ3) is 3.89. The Morgan fingerprint density at radius 1 is 1.10 bits per heavy atom. The number of methoxy groups -OCH3 is 1. The first-order valence-corrected chi connectivity index (χ1v) is 10.0.